The third kappa shape index (κ3) is 6.08. The van der Waals surface area contributed by atoms with E-state index in [2.05, 4.69) is 20.8 Å². The second-order valence-electron chi connectivity index (χ2n) is 3.48. The van der Waals surface area contributed by atoms with Gasteiger partial charge in [-0.1, -0.05) is 0 Å². The van der Waals surface area contributed by atoms with E-state index in [0.29, 0.717) is 4.83 Å². The molecule has 0 radical (unpaired) electrons. The van der Waals surface area contributed by atoms with Gasteiger partial charge in [0.25, 0.3) is 0 Å². The second-order valence-corrected chi connectivity index (χ2v) is 9.54. The van der Waals surface area contributed by atoms with Gasteiger partial charge in [0.15, 0.2) is 0 Å². The molecule has 0 aromatic rings. The Kier molecular flexibility index (Phi) is 8.48. The molecule has 2 N–H and O–H groups in total. The minimum atomic E-state index is -0.631. The van der Waals surface area contributed by atoms with Crippen molar-refractivity contribution in [1.29, 1.82) is 0 Å². The van der Waals surface area contributed by atoms with Gasteiger partial charge in [-0.05, 0) is 0 Å². The first-order valence-corrected chi connectivity index (χ1v) is 8.95. The van der Waals surface area contributed by atoms with E-state index < -0.39 is 14.7 Å². The Bertz CT molecular complexity index is 85.8. The maximum absolute atomic E-state index is 5.98. The molecule has 0 rings (SSSR count). The predicted octanol–water partition coefficient (Wildman–Crippen LogP) is 2.97. The summed E-state index contributed by atoms with van der Waals surface area (Å²) < 4.78 is 0. The minimum absolute atomic E-state index is 0.538. The van der Waals surface area contributed by atoms with Crippen molar-refractivity contribution >= 4 is 14.7 Å². The summed E-state index contributed by atoms with van der Waals surface area (Å²) in [6.45, 7) is 6.76. The topological polar surface area (TPSA) is 26.0 Å². The fraction of sp³-hybridized carbons (Fsp3) is 1.00. The fourth-order valence-corrected chi connectivity index (χ4v) is 6.45. The molecule has 1 unspecified atom stereocenters. The Hall–Kier alpha value is 0.518. The van der Waals surface area contributed by atoms with Crippen LogP contribution >= 0.6 is 0 Å². The zero-order valence-corrected chi connectivity index (χ0v) is 10.7. The number of unbranched alkanes of at least 4 members (excludes halogenated alkanes) is 2. The SMILES string of the molecule is CCCC[As](CCCC)C(C)N. The molecule has 0 heterocycles. The van der Waals surface area contributed by atoms with Crippen molar-refractivity contribution in [3.05, 3.63) is 0 Å². The molecule has 0 aliphatic heterocycles. The summed E-state index contributed by atoms with van der Waals surface area (Å²) in [5, 5.41) is 2.95. The molecule has 2 heteroatoms. The summed E-state index contributed by atoms with van der Waals surface area (Å²) in [5.74, 6) is 0. The third-order valence-corrected chi connectivity index (χ3v) is 8.33. The van der Waals surface area contributed by atoms with Crippen molar-refractivity contribution in [1.82, 2.24) is 0 Å². The Morgan fingerprint density at radius 1 is 1.08 bits per heavy atom. The Balaban J connectivity index is 3.55. The van der Waals surface area contributed by atoms with Crippen molar-refractivity contribution in [3.8, 4) is 0 Å². The molecule has 74 valence electrons. The molecular weight excluding hydrogens is 209 g/mol. The molecule has 0 aliphatic rings. The number of hydrogen-bond donors (Lipinski definition) is 1. The van der Waals surface area contributed by atoms with E-state index in [4.69, 9.17) is 5.73 Å². The Morgan fingerprint density at radius 3 is 1.75 bits per heavy atom. The van der Waals surface area contributed by atoms with Crippen LogP contribution in [0.15, 0.2) is 0 Å². The maximum atomic E-state index is 5.98. The van der Waals surface area contributed by atoms with Gasteiger partial charge < -0.3 is 0 Å². The van der Waals surface area contributed by atoms with E-state index in [1.807, 2.05) is 0 Å². The van der Waals surface area contributed by atoms with Crippen molar-refractivity contribution in [2.45, 2.75) is 61.7 Å². The first-order chi connectivity index (χ1) is 5.72. The van der Waals surface area contributed by atoms with Gasteiger partial charge in [0, 0.05) is 0 Å². The van der Waals surface area contributed by atoms with Crippen LogP contribution in [-0.2, 0) is 0 Å². The van der Waals surface area contributed by atoms with E-state index >= 15 is 0 Å². The van der Waals surface area contributed by atoms with E-state index in [-0.39, 0.29) is 0 Å². The summed E-state index contributed by atoms with van der Waals surface area (Å²) >= 11 is -0.631. The predicted molar refractivity (Wildman–Crippen MR) is 58.8 cm³/mol. The first kappa shape index (κ1) is 12.5. The molecule has 0 aromatic heterocycles. The van der Waals surface area contributed by atoms with Gasteiger partial charge in [0.05, 0.1) is 0 Å². The number of nitrogens with two attached hydrogens (primary N) is 1. The molecule has 0 bridgehead atoms. The summed E-state index contributed by atoms with van der Waals surface area (Å²) in [5.41, 5.74) is 5.98. The van der Waals surface area contributed by atoms with Crippen molar-refractivity contribution in [3.63, 3.8) is 0 Å². The van der Waals surface area contributed by atoms with Crippen LogP contribution in [0.4, 0.5) is 0 Å². The Labute approximate surface area is 82.4 Å². The van der Waals surface area contributed by atoms with Gasteiger partial charge in [-0.2, -0.15) is 0 Å². The van der Waals surface area contributed by atoms with Crippen LogP contribution in [0.25, 0.3) is 0 Å². The fourth-order valence-electron chi connectivity index (χ4n) is 1.24. The van der Waals surface area contributed by atoms with E-state index in [1.54, 1.807) is 0 Å². The zero-order chi connectivity index (χ0) is 9.40. The number of hydrogen-bond acceptors (Lipinski definition) is 1. The molecule has 0 spiro atoms. The van der Waals surface area contributed by atoms with Gasteiger partial charge in [-0.3, -0.25) is 0 Å². The molecule has 1 atom stereocenters. The second kappa shape index (κ2) is 8.13. The van der Waals surface area contributed by atoms with Crippen LogP contribution in [0, 0.1) is 0 Å². The van der Waals surface area contributed by atoms with E-state index in [9.17, 15) is 0 Å². The van der Waals surface area contributed by atoms with Crippen molar-refractivity contribution < 1.29 is 0 Å². The van der Waals surface area contributed by atoms with Gasteiger partial charge in [0.1, 0.15) is 0 Å². The van der Waals surface area contributed by atoms with Gasteiger partial charge >= 0.3 is 82.1 Å². The zero-order valence-electron chi connectivity index (χ0n) is 8.84. The average molecular weight is 233 g/mol. The van der Waals surface area contributed by atoms with Crippen LogP contribution in [-0.4, -0.2) is 19.5 Å². The molecule has 1 nitrogen and oxygen atoms in total. The monoisotopic (exact) mass is 233 g/mol. The summed E-state index contributed by atoms with van der Waals surface area (Å²) in [6.07, 6.45) is 5.49. The summed E-state index contributed by atoms with van der Waals surface area (Å²) in [7, 11) is 0. The third-order valence-electron chi connectivity index (χ3n) is 2.17. The summed E-state index contributed by atoms with van der Waals surface area (Å²) in [6, 6.07) is 0. The van der Waals surface area contributed by atoms with E-state index in [1.165, 1.54) is 36.1 Å². The molecule has 0 fully saturated rings. The normalized spacial score (nSPS) is 13.8. The molecule has 0 saturated heterocycles. The molecule has 0 aromatic carbocycles. The van der Waals surface area contributed by atoms with Gasteiger partial charge in [-0.25, -0.2) is 0 Å². The van der Waals surface area contributed by atoms with Crippen molar-refractivity contribution in [2.24, 2.45) is 5.73 Å². The standard InChI is InChI=1S/C10H24AsN/c1-4-6-8-11(10(3)12)9-7-5-2/h10H,4-9,12H2,1-3H3. The van der Waals surface area contributed by atoms with Gasteiger partial charge in [-0.15, -0.1) is 0 Å². The van der Waals surface area contributed by atoms with Crippen LogP contribution < -0.4 is 5.73 Å². The quantitative estimate of drug-likeness (QED) is 0.672. The molecule has 0 saturated carbocycles. The van der Waals surface area contributed by atoms with Crippen molar-refractivity contribution in [2.75, 3.05) is 0 Å². The molecular formula is C10H24AsN. The average Bonchev–Trinajstić information content (AvgIpc) is 2.04. The Morgan fingerprint density at radius 2 is 1.50 bits per heavy atom. The van der Waals surface area contributed by atoms with Crippen LogP contribution in [0.3, 0.4) is 0 Å². The van der Waals surface area contributed by atoms with E-state index in [0.717, 1.165) is 0 Å². The van der Waals surface area contributed by atoms with Gasteiger partial charge in [0.2, 0.25) is 0 Å². The van der Waals surface area contributed by atoms with Crippen LogP contribution in [0.5, 0.6) is 0 Å². The molecule has 0 amide bonds. The summed E-state index contributed by atoms with van der Waals surface area (Å²) in [4.78, 5) is 0.538. The first-order valence-electron chi connectivity index (χ1n) is 5.22. The van der Waals surface area contributed by atoms with Crippen LogP contribution in [0.2, 0.25) is 10.4 Å². The number of rotatable bonds is 7. The van der Waals surface area contributed by atoms with Crippen LogP contribution in [0.1, 0.15) is 46.5 Å². The molecule has 12 heavy (non-hydrogen) atoms. The molecule has 0 aliphatic carbocycles.